The van der Waals surface area contributed by atoms with E-state index in [1.807, 2.05) is 12.2 Å². The van der Waals surface area contributed by atoms with Crippen molar-refractivity contribution in [3.8, 4) is 5.75 Å². The van der Waals surface area contributed by atoms with Gasteiger partial charge in [0.15, 0.2) is 0 Å². The molecule has 24 heavy (non-hydrogen) atoms. The van der Waals surface area contributed by atoms with Crippen LogP contribution in [0.4, 0.5) is 5.69 Å². The number of hydrogen-bond acceptors (Lipinski definition) is 4. The first-order valence-electron chi connectivity index (χ1n) is 8.06. The fourth-order valence-electron chi connectivity index (χ4n) is 4.14. The third-order valence-corrected chi connectivity index (χ3v) is 5.24. The molecule has 4 atom stereocenters. The fourth-order valence-corrected chi connectivity index (χ4v) is 4.14. The Bertz CT molecular complexity index is 710. The molecule has 0 radical (unpaired) electrons. The smallest absolute Gasteiger partial charge is 0.244 e. The summed E-state index contributed by atoms with van der Waals surface area (Å²) in [5.41, 5.74) is 0.599. The first-order valence-corrected chi connectivity index (χ1v) is 8.06. The minimum atomic E-state index is -0.373. The van der Waals surface area contributed by atoms with Crippen molar-refractivity contribution in [1.82, 2.24) is 4.90 Å². The molecule has 4 rings (SSSR count). The van der Waals surface area contributed by atoms with E-state index >= 15 is 0 Å². The van der Waals surface area contributed by atoms with E-state index in [2.05, 4.69) is 5.32 Å². The molecule has 6 heteroatoms. The van der Waals surface area contributed by atoms with E-state index in [4.69, 9.17) is 4.74 Å². The summed E-state index contributed by atoms with van der Waals surface area (Å²) in [6.45, 7) is -0.226. The lowest BCUT2D eigenvalue weighted by molar-refractivity contribution is -0.143. The molecular weight excluding hydrogens is 308 g/mol. The van der Waals surface area contributed by atoms with Crippen molar-refractivity contribution in [2.75, 3.05) is 19.0 Å². The van der Waals surface area contributed by atoms with Crippen LogP contribution in [-0.4, -0.2) is 36.3 Å². The number of methoxy groups -OCH3 is 1. The van der Waals surface area contributed by atoms with Crippen LogP contribution in [0.1, 0.15) is 6.42 Å². The van der Waals surface area contributed by atoms with E-state index < -0.39 is 0 Å². The topological polar surface area (TPSA) is 75.7 Å². The highest BCUT2D eigenvalue weighted by atomic mass is 16.5. The minimum absolute atomic E-state index is 0.158. The molecule has 0 spiro atoms. The number of benzene rings is 1. The van der Waals surface area contributed by atoms with Gasteiger partial charge in [0.2, 0.25) is 17.7 Å². The van der Waals surface area contributed by atoms with Crippen molar-refractivity contribution in [2.45, 2.75) is 6.42 Å². The number of ether oxygens (including phenoxy) is 1. The van der Waals surface area contributed by atoms with E-state index in [-0.39, 0.29) is 47.9 Å². The van der Waals surface area contributed by atoms with Gasteiger partial charge in [-0.3, -0.25) is 19.3 Å². The number of allylic oxidation sites excluding steroid dienone is 2. The zero-order valence-electron chi connectivity index (χ0n) is 13.3. The average Bonchev–Trinajstić information content (AvgIpc) is 3.25. The van der Waals surface area contributed by atoms with Crippen molar-refractivity contribution in [3.05, 3.63) is 36.4 Å². The van der Waals surface area contributed by atoms with Crippen LogP contribution in [0, 0.1) is 23.7 Å². The number of hydrogen-bond donors (Lipinski definition) is 1. The van der Waals surface area contributed by atoms with Crippen LogP contribution in [0.25, 0.3) is 0 Å². The van der Waals surface area contributed by atoms with E-state index in [1.54, 1.807) is 31.4 Å². The maximum Gasteiger partial charge on any atom is 0.244 e. The Kier molecular flexibility index (Phi) is 3.40. The summed E-state index contributed by atoms with van der Waals surface area (Å²) < 4.78 is 5.06. The number of fused-ring (bicyclic) bond motifs is 5. The standard InChI is InChI=1S/C18H18N2O4/c1-24-13-6-4-12(5-7-13)19-14(21)9-20-17(22)15-10-2-3-11(8-10)16(15)18(20)23/h2-7,10-11,15-16H,8-9H2,1H3,(H,19,21)/t10-,11-,15-,16-/m0/s1. The SMILES string of the molecule is COc1ccc(NC(=O)CN2C(=O)[C@@H]3[C@@H](C2=O)[C@H]2C=C[C@H]3C2)cc1. The number of amides is 3. The molecule has 2 aliphatic carbocycles. The monoisotopic (exact) mass is 326 g/mol. The van der Waals surface area contributed by atoms with Gasteiger partial charge in [0.25, 0.3) is 0 Å². The highest BCUT2D eigenvalue weighted by molar-refractivity contribution is 6.09. The van der Waals surface area contributed by atoms with E-state index in [1.165, 1.54) is 0 Å². The van der Waals surface area contributed by atoms with E-state index in [0.29, 0.717) is 11.4 Å². The van der Waals surface area contributed by atoms with Crippen molar-refractivity contribution in [3.63, 3.8) is 0 Å². The van der Waals surface area contributed by atoms with Crippen molar-refractivity contribution >= 4 is 23.4 Å². The Hall–Kier alpha value is -2.63. The van der Waals surface area contributed by atoms with Crippen LogP contribution in [0.15, 0.2) is 36.4 Å². The molecule has 1 aromatic rings. The average molecular weight is 326 g/mol. The molecule has 2 bridgehead atoms. The Labute approximate surface area is 139 Å². The quantitative estimate of drug-likeness (QED) is 0.671. The summed E-state index contributed by atoms with van der Waals surface area (Å²) >= 11 is 0. The summed E-state index contributed by atoms with van der Waals surface area (Å²) in [7, 11) is 1.57. The van der Waals surface area contributed by atoms with Crippen molar-refractivity contribution in [2.24, 2.45) is 23.7 Å². The minimum Gasteiger partial charge on any atom is -0.497 e. The highest BCUT2D eigenvalue weighted by Crippen LogP contribution is 2.52. The van der Waals surface area contributed by atoms with Gasteiger partial charge in [-0.15, -0.1) is 0 Å². The number of rotatable bonds is 4. The van der Waals surface area contributed by atoms with Gasteiger partial charge >= 0.3 is 0 Å². The first kappa shape index (κ1) is 14.9. The summed E-state index contributed by atoms with van der Waals surface area (Å²) in [5.74, 6) is -0.297. The van der Waals surface area contributed by atoms with Crippen molar-refractivity contribution < 1.29 is 19.1 Å². The maximum absolute atomic E-state index is 12.5. The molecule has 1 heterocycles. The highest BCUT2D eigenvalue weighted by Gasteiger charge is 2.59. The van der Waals surface area contributed by atoms with Crippen LogP contribution in [0.2, 0.25) is 0 Å². The Morgan fingerprint density at radius 2 is 1.71 bits per heavy atom. The molecule has 1 N–H and O–H groups in total. The largest absolute Gasteiger partial charge is 0.497 e. The molecule has 1 aliphatic heterocycles. The van der Waals surface area contributed by atoms with Gasteiger partial charge < -0.3 is 10.1 Å². The lowest BCUT2D eigenvalue weighted by Crippen LogP contribution is -2.39. The molecule has 0 aromatic heterocycles. The fraction of sp³-hybridized carbons (Fsp3) is 0.389. The molecule has 1 saturated carbocycles. The number of nitrogens with one attached hydrogen (secondary N) is 1. The number of likely N-dealkylation sites (tertiary alicyclic amines) is 1. The third-order valence-electron chi connectivity index (χ3n) is 5.24. The Morgan fingerprint density at radius 1 is 1.12 bits per heavy atom. The number of imide groups is 1. The summed E-state index contributed by atoms with van der Waals surface area (Å²) in [6.07, 6.45) is 4.97. The van der Waals surface area contributed by atoms with E-state index in [9.17, 15) is 14.4 Å². The molecule has 1 saturated heterocycles. The van der Waals surface area contributed by atoms with Gasteiger partial charge in [-0.2, -0.15) is 0 Å². The molecule has 3 aliphatic rings. The van der Waals surface area contributed by atoms with Gasteiger partial charge in [0.05, 0.1) is 18.9 Å². The molecule has 2 fully saturated rings. The van der Waals surface area contributed by atoms with E-state index in [0.717, 1.165) is 11.3 Å². The molecule has 1 aromatic carbocycles. The zero-order valence-corrected chi connectivity index (χ0v) is 13.3. The predicted octanol–water partition coefficient (Wildman–Crippen LogP) is 1.44. The second kappa shape index (κ2) is 5.47. The Morgan fingerprint density at radius 3 is 2.25 bits per heavy atom. The number of nitrogens with zero attached hydrogens (tertiary/aromatic N) is 1. The van der Waals surface area contributed by atoms with Gasteiger partial charge in [0.1, 0.15) is 12.3 Å². The van der Waals surface area contributed by atoms with Crippen LogP contribution < -0.4 is 10.1 Å². The summed E-state index contributed by atoms with van der Waals surface area (Å²) in [6, 6.07) is 6.89. The first-order chi connectivity index (χ1) is 11.6. The zero-order chi connectivity index (χ0) is 16.8. The molecule has 3 amide bonds. The molecule has 6 nitrogen and oxygen atoms in total. The molecule has 124 valence electrons. The third kappa shape index (κ3) is 2.21. The van der Waals surface area contributed by atoms with Gasteiger partial charge in [-0.1, -0.05) is 12.2 Å². The second-order valence-corrected chi connectivity index (χ2v) is 6.54. The Balaban J connectivity index is 1.43. The van der Waals surface area contributed by atoms with Crippen molar-refractivity contribution in [1.29, 1.82) is 0 Å². The number of carbonyl (C=O) groups is 3. The lowest BCUT2D eigenvalue weighted by Gasteiger charge is -2.16. The summed E-state index contributed by atoms with van der Waals surface area (Å²) in [4.78, 5) is 38.4. The molecular formula is C18H18N2O4. The van der Waals surface area contributed by atoms with Crippen LogP contribution >= 0.6 is 0 Å². The summed E-state index contributed by atoms with van der Waals surface area (Å²) in [5, 5.41) is 2.71. The number of anilines is 1. The number of carbonyl (C=O) groups excluding carboxylic acids is 3. The van der Waals surface area contributed by atoms with Gasteiger partial charge in [-0.05, 0) is 42.5 Å². The molecule has 0 unspecified atom stereocenters. The predicted molar refractivity (Wildman–Crippen MR) is 86.1 cm³/mol. The normalized spacial score (nSPS) is 30.0. The van der Waals surface area contributed by atoms with Gasteiger partial charge in [-0.25, -0.2) is 0 Å². The second-order valence-electron chi connectivity index (χ2n) is 6.54. The lowest BCUT2D eigenvalue weighted by atomic mass is 9.85. The maximum atomic E-state index is 12.5. The van der Waals surface area contributed by atoms with Gasteiger partial charge in [0, 0.05) is 5.69 Å². The van der Waals surface area contributed by atoms with Crippen LogP contribution in [0.3, 0.4) is 0 Å². The van der Waals surface area contributed by atoms with Crippen LogP contribution in [0.5, 0.6) is 5.75 Å². The van der Waals surface area contributed by atoms with Crippen LogP contribution in [-0.2, 0) is 14.4 Å².